The lowest BCUT2D eigenvalue weighted by Gasteiger charge is -2.18. The lowest BCUT2D eigenvalue weighted by atomic mass is 10.3. The summed E-state index contributed by atoms with van der Waals surface area (Å²) in [6.07, 6.45) is 6.31. The molecule has 0 aromatic heterocycles. The first kappa shape index (κ1) is 25.7. The molecule has 4 N–H and O–H groups in total. The normalized spacial score (nSPS) is 13.1. The highest BCUT2D eigenvalue weighted by Gasteiger charge is 2.11. The van der Waals surface area contributed by atoms with E-state index in [9.17, 15) is 0 Å². The minimum Gasteiger partial charge on any atom is -0.493 e. The largest absolute Gasteiger partial charge is 0.493 e. The zero-order valence-corrected chi connectivity index (χ0v) is 18.3. The average Bonchev–Trinajstić information content (AvgIpc) is 2.69. The van der Waals surface area contributed by atoms with Gasteiger partial charge in [-0.3, -0.25) is 10.3 Å². The topological polar surface area (TPSA) is 117 Å². The third-order valence-corrected chi connectivity index (χ3v) is 3.65. The summed E-state index contributed by atoms with van der Waals surface area (Å²) >= 11 is 0. The summed E-state index contributed by atoms with van der Waals surface area (Å²) in [7, 11) is 4.51. The van der Waals surface area contributed by atoms with Crippen LogP contribution in [0.1, 0.15) is 27.2 Å². The first-order valence-corrected chi connectivity index (χ1v) is 9.21. The number of nitrogens with two attached hydrogens (primary N) is 1. The van der Waals surface area contributed by atoms with Crippen molar-refractivity contribution in [2.24, 2.45) is 10.7 Å². The van der Waals surface area contributed by atoms with Crippen LogP contribution < -0.4 is 16.4 Å². The fourth-order valence-corrected chi connectivity index (χ4v) is 2.31. The second-order valence-corrected chi connectivity index (χ2v) is 6.00. The lowest BCUT2D eigenvalue weighted by Crippen LogP contribution is -2.33. The van der Waals surface area contributed by atoms with Gasteiger partial charge in [0.25, 0.3) is 0 Å². The fraction of sp³-hybridized carbons (Fsp3) is 0.500. The fourth-order valence-electron chi connectivity index (χ4n) is 2.31. The molecule has 0 fully saturated rings. The monoisotopic (exact) mass is 406 g/mol. The van der Waals surface area contributed by atoms with Crippen molar-refractivity contribution in [1.82, 2.24) is 15.5 Å². The van der Waals surface area contributed by atoms with Gasteiger partial charge in [0.05, 0.1) is 21.3 Å². The molecule has 0 rings (SSSR count). The highest BCUT2D eigenvalue weighted by molar-refractivity contribution is 5.82. The van der Waals surface area contributed by atoms with Gasteiger partial charge in [-0.05, 0) is 27.2 Å². The zero-order valence-electron chi connectivity index (χ0n) is 18.3. The second kappa shape index (κ2) is 14.7. The van der Waals surface area contributed by atoms with Crippen LogP contribution in [0.4, 0.5) is 0 Å². The van der Waals surface area contributed by atoms with Gasteiger partial charge in [-0.1, -0.05) is 6.58 Å². The van der Waals surface area contributed by atoms with E-state index >= 15 is 0 Å². The molecule has 0 amide bonds. The number of aliphatic imine (C=N–C) groups is 1. The summed E-state index contributed by atoms with van der Waals surface area (Å²) in [6.45, 7) is 11.7. The number of allylic oxidation sites excluding steroid dienone is 3. The van der Waals surface area contributed by atoms with E-state index in [0.29, 0.717) is 35.5 Å². The van der Waals surface area contributed by atoms with Gasteiger partial charge in [0.15, 0.2) is 17.7 Å². The number of guanidine groups is 1. The number of ether oxygens (including phenoxy) is 3. The van der Waals surface area contributed by atoms with Gasteiger partial charge >= 0.3 is 0 Å². The van der Waals surface area contributed by atoms with Gasteiger partial charge in [0, 0.05) is 43.3 Å². The molecule has 0 aliphatic heterocycles. The number of hydrogen-bond acceptors (Lipinski definition) is 7. The summed E-state index contributed by atoms with van der Waals surface area (Å²) < 4.78 is 15.8. The average molecular weight is 407 g/mol. The van der Waals surface area contributed by atoms with Crippen molar-refractivity contribution in [2.75, 3.05) is 41.0 Å². The summed E-state index contributed by atoms with van der Waals surface area (Å²) in [4.78, 5) is 6.53. The minimum atomic E-state index is 0.333. The number of nitrogens with zero attached hydrogens (tertiary/aromatic N) is 3. The van der Waals surface area contributed by atoms with Crippen molar-refractivity contribution in [2.45, 2.75) is 27.2 Å². The summed E-state index contributed by atoms with van der Waals surface area (Å²) in [5.74, 6) is 1.46. The van der Waals surface area contributed by atoms with Crippen molar-refractivity contribution in [3.63, 3.8) is 0 Å². The molecule has 0 saturated heterocycles. The molecule has 9 heteroatoms. The molecule has 29 heavy (non-hydrogen) atoms. The molecule has 0 bridgehead atoms. The van der Waals surface area contributed by atoms with E-state index in [1.165, 1.54) is 21.3 Å². The summed E-state index contributed by atoms with van der Waals surface area (Å²) in [5.41, 5.74) is 7.16. The highest BCUT2D eigenvalue weighted by atomic mass is 16.5. The maximum absolute atomic E-state index is 8.98. The van der Waals surface area contributed by atoms with Crippen LogP contribution in [0, 0.1) is 11.5 Å². The lowest BCUT2D eigenvalue weighted by molar-refractivity contribution is 0.192. The van der Waals surface area contributed by atoms with Crippen LogP contribution >= 0.6 is 0 Å². The first-order chi connectivity index (χ1) is 13.8. The van der Waals surface area contributed by atoms with Gasteiger partial charge in [0.1, 0.15) is 0 Å². The van der Waals surface area contributed by atoms with E-state index in [1.54, 1.807) is 6.08 Å². The van der Waals surface area contributed by atoms with Gasteiger partial charge in [-0.15, -0.1) is 0 Å². The molecule has 162 valence electrons. The van der Waals surface area contributed by atoms with Gasteiger partial charge in [-0.2, -0.15) is 5.26 Å². The maximum atomic E-state index is 8.98. The molecular weight excluding hydrogens is 372 g/mol. The second-order valence-electron chi connectivity index (χ2n) is 6.00. The Morgan fingerprint density at radius 3 is 2.41 bits per heavy atom. The van der Waals surface area contributed by atoms with Crippen molar-refractivity contribution in [1.29, 1.82) is 5.26 Å². The summed E-state index contributed by atoms with van der Waals surface area (Å²) in [6, 6.07) is 0. The van der Waals surface area contributed by atoms with E-state index in [4.69, 9.17) is 25.2 Å². The van der Waals surface area contributed by atoms with Crippen molar-refractivity contribution in [3.05, 3.63) is 47.5 Å². The Kier molecular flexibility index (Phi) is 13.1. The molecule has 0 radical (unpaired) electrons. The molecule has 0 unspecified atom stereocenters. The van der Waals surface area contributed by atoms with E-state index < -0.39 is 0 Å². The van der Waals surface area contributed by atoms with E-state index in [0.717, 1.165) is 25.2 Å². The Bertz CT molecular complexity index is 685. The molecule has 0 saturated carbocycles. The predicted molar refractivity (Wildman–Crippen MR) is 115 cm³/mol. The molecule has 0 aromatic carbocycles. The molecule has 0 aliphatic carbocycles. The van der Waals surface area contributed by atoms with Gasteiger partial charge in [-0.25, -0.2) is 0 Å². The third kappa shape index (κ3) is 10.6. The third-order valence-electron chi connectivity index (χ3n) is 3.65. The Morgan fingerprint density at radius 2 is 1.93 bits per heavy atom. The number of hydrogen-bond donors (Lipinski definition) is 3. The van der Waals surface area contributed by atoms with Crippen LogP contribution in [0.15, 0.2) is 52.5 Å². The first-order valence-electron chi connectivity index (χ1n) is 9.21. The molecule has 0 heterocycles. The number of methoxy groups -OCH3 is 3. The van der Waals surface area contributed by atoms with Crippen LogP contribution in [0.25, 0.3) is 0 Å². The van der Waals surface area contributed by atoms with E-state index in [1.807, 2.05) is 26.2 Å². The van der Waals surface area contributed by atoms with Crippen LogP contribution in [0.2, 0.25) is 0 Å². The van der Waals surface area contributed by atoms with Crippen molar-refractivity contribution >= 4 is 5.96 Å². The van der Waals surface area contributed by atoms with Crippen molar-refractivity contribution in [3.8, 4) is 6.19 Å². The quantitative estimate of drug-likeness (QED) is 0.0858. The maximum Gasteiger partial charge on any atom is 0.208 e. The van der Waals surface area contributed by atoms with E-state index in [-0.39, 0.29) is 0 Å². The Morgan fingerprint density at radius 1 is 1.24 bits per heavy atom. The number of nitrogens with one attached hydrogen (secondary N) is 2. The standard InChI is InChI=1S/C20H34N6O3/c1-8-26(13-15(2)22)11-9-10-23-20(24-14-21)25-16(3)12-18(28-6)19(29-7)17(4)27-5/h12-13H,4,8-11,22H2,1-3,5-7H3,(H2,23,24,25)/b15-13-,16-12+,19-18-. The van der Waals surface area contributed by atoms with Crippen LogP contribution in [0.3, 0.4) is 0 Å². The highest BCUT2D eigenvalue weighted by Crippen LogP contribution is 2.17. The molecule has 9 nitrogen and oxygen atoms in total. The van der Waals surface area contributed by atoms with Gasteiger partial charge < -0.3 is 30.2 Å². The summed E-state index contributed by atoms with van der Waals surface area (Å²) in [5, 5.41) is 14.6. The molecule has 0 atom stereocenters. The van der Waals surface area contributed by atoms with Crippen LogP contribution in [-0.2, 0) is 14.2 Å². The van der Waals surface area contributed by atoms with Crippen LogP contribution in [0.5, 0.6) is 0 Å². The Hall–Kier alpha value is -3.28. The van der Waals surface area contributed by atoms with Crippen LogP contribution in [-0.4, -0.2) is 51.8 Å². The molecule has 0 aliphatic rings. The molecule has 0 aromatic rings. The predicted octanol–water partition coefficient (Wildman–Crippen LogP) is 2.10. The Labute approximate surface area is 174 Å². The number of rotatable bonds is 12. The van der Waals surface area contributed by atoms with Gasteiger partial charge in [0.2, 0.25) is 11.7 Å². The minimum absolute atomic E-state index is 0.333. The molecular formula is C20H34N6O3. The smallest absolute Gasteiger partial charge is 0.208 e. The SMILES string of the molecule is C=C(OC)/C(OC)=C(\C=C(/C)NC(=NCCCN(/C=C(/C)N)CC)NC#N)OC. The zero-order chi connectivity index (χ0) is 22.2. The van der Waals surface area contributed by atoms with Crippen molar-refractivity contribution < 1.29 is 14.2 Å². The number of nitriles is 1. The molecule has 0 spiro atoms. The van der Waals surface area contributed by atoms with E-state index in [2.05, 4.69) is 34.0 Å². The Balaban J connectivity index is 5.17.